The first kappa shape index (κ1) is 12.2. The van der Waals surface area contributed by atoms with Gasteiger partial charge in [0.25, 0.3) is 0 Å². The molecule has 1 aliphatic carbocycles. The largest absolute Gasteiger partial charge is 0.461 e. The molecule has 1 amide bonds. The van der Waals surface area contributed by atoms with Gasteiger partial charge in [0, 0.05) is 29.0 Å². The van der Waals surface area contributed by atoms with Crippen LogP contribution in [-0.4, -0.2) is 30.9 Å². The first-order valence-electron chi connectivity index (χ1n) is 6.57. The number of hydrogen-bond donors (Lipinski definition) is 1. The molecule has 3 rings (SSSR count). The third kappa shape index (κ3) is 2.02. The summed E-state index contributed by atoms with van der Waals surface area (Å²) in [6.45, 7) is 0. The van der Waals surface area contributed by atoms with Gasteiger partial charge in [0.15, 0.2) is 0 Å². The summed E-state index contributed by atoms with van der Waals surface area (Å²) in [5.74, 6) is 0.673. The predicted octanol–water partition coefficient (Wildman–Crippen LogP) is 1.95. The van der Waals surface area contributed by atoms with Crippen molar-refractivity contribution in [2.45, 2.75) is 25.3 Å². The summed E-state index contributed by atoms with van der Waals surface area (Å²) in [6.07, 6.45) is 3.04. The summed E-state index contributed by atoms with van der Waals surface area (Å²) < 4.78 is 5.88. The molecule has 1 aromatic carbocycles. The second kappa shape index (κ2) is 4.38. The Morgan fingerprint density at radius 3 is 2.89 bits per heavy atom. The quantitative estimate of drug-likeness (QED) is 0.895. The van der Waals surface area contributed by atoms with Gasteiger partial charge in [-0.3, -0.25) is 4.79 Å². The van der Waals surface area contributed by atoms with Crippen LogP contribution in [0.5, 0.6) is 0 Å². The molecule has 0 saturated carbocycles. The number of likely N-dealkylation sites (N-methyl/N-ethyl adjacent to an activating group) is 1. The lowest BCUT2D eigenvalue weighted by atomic mass is 9.91. The zero-order valence-corrected chi connectivity index (χ0v) is 11.3. The molecule has 0 bridgehead atoms. The van der Waals surface area contributed by atoms with Gasteiger partial charge in [-0.2, -0.15) is 0 Å². The molecule has 2 aromatic rings. The molecule has 1 unspecified atom stereocenters. The number of carbonyl (C=O) groups is 1. The molecule has 1 heterocycles. The Morgan fingerprint density at radius 2 is 2.21 bits per heavy atom. The SMILES string of the molecule is CN(C)C1CCc2oc3ccc(C(N)=O)cc3c2C1. The standard InChI is InChI=1S/C15H18N2O2/c1-17(2)10-4-6-14-12(8-10)11-7-9(15(16)18)3-5-13(11)19-14/h3,5,7,10H,4,6,8H2,1-2H3,(H2,16,18). The minimum atomic E-state index is -0.392. The molecule has 0 spiro atoms. The number of benzene rings is 1. The number of nitrogens with two attached hydrogens (primary N) is 1. The van der Waals surface area contributed by atoms with Gasteiger partial charge in [-0.15, -0.1) is 0 Å². The topological polar surface area (TPSA) is 59.5 Å². The molecular weight excluding hydrogens is 240 g/mol. The monoisotopic (exact) mass is 258 g/mol. The van der Waals surface area contributed by atoms with E-state index in [1.807, 2.05) is 12.1 Å². The van der Waals surface area contributed by atoms with E-state index in [1.165, 1.54) is 5.56 Å². The van der Waals surface area contributed by atoms with Crippen LogP contribution >= 0.6 is 0 Å². The lowest BCUT2D eigenvalue weighted by molar-refractivity contribution is 0.100. The van der Waals surface area contributed by atoms with Crippen LogP contribution in [0.3, 0.4) is 0 Å². The van der Waals surface area contributed by atoms with Gasteiger partial charge < -0.3 is 15.1 Å². The first-order chi connectivity index (χ1) is 9.06. The van der Waals surface area contributed by atoms with Gasteiger partial charge in [-0.1, -0.05) is 0 Å². The van der Waals surface area contributed by atoms with E-state index >= 15 is 0 Å². The zero-order valence-electron chi connectivity index (χ0n) is 11.3. The summed E-state index contributed by atoms with van der Waals surface area (Å²) in [6, 6.07) is 5.96. The molecule has 0 radical (unpaired) electrons. The van der Waals surface area contributed by atoms with E-state index in [0.717, 1.165) is 36.0 Å². The van der Waals surface area contributed by atoms with Gasteiger partial charge in [0.2, 0.25) is 5.91 Å². The van der Waals surface area contributed by atoms with Crippen LogP contribution < -0.4 is 5.73 Å². The lowest BCUT2D eigenvalue weighted by Gasteiger charge is -2.27. The number of primary amides is 1. The van der Waals surface area contributed by atoms with Crippen LogP contribution in [0.25, 0.3) is 11.0 Å². The van der Waals surface area contributed by atoms with Gasteiger partial charge in [0.1, 0.15) is 11.3 Å². The van der Waals surface area contributed by atoms with E-state index in [1.54, 1.807) is 6.07 Å². The van der Waals surface area contributed by atoms with Crippen LogP contribution in [0, 0.1) is 0 Å². The average molecular weight is 258 g/mol. The second-order valence-corrected chi connectivity index (χ2v) is 5.44. The molecule has 0 fully saturated rings. The fourth-order valence-electron chi connectivity index (χ4n) is 2.85. The van der Waals surface area contributed by atoms with Gasteiger partial charge >= 0.3 is 0 Å². The highest BCUT2D eigenvalue weighted by Crippen LogP contribution is 2.33. The van der Waals surface area contributed by atoms with Crippen molar-refractivity contribution in [3.8, 4) is 0 Å². The molecule has 1 aliphatic rings. The highest BCUT2D eigenvalue weighted by atomic mass is 16.3. The lowest BCUT2D eigenvalue weighted by Crippen LogP contribution is -2.33. The van der Waals surface area contributed by atoms with Crippen molar-refractivity contribution < 1.29 is 9.21 Å². The van der Waals surface area contributed by atoms with Crippen molar-refractivity contribution in [3.63, 3.8) is 0 Å². The number of nitrogens with zero attached hydrogens (tertiary/aromatic N) is 1. The van der Waals surface area contributed by atoms with E-state index in [2.05, 4.69) is 19.0 Å². The van der Waals surface area contributed by atoms with Crippen molar-refractivity contribution in [3.05, 3.63) is 35.1 Å². The Hall–Kier alpha value is -1.81. The zero-order chi connectivity index (χ0) is 13.6. The Morgan fingerprint density at radius 1 is 1.42 bits per heavy atom. The van der Waals surface area contributed by atoms with Crippen molar-refractivity contribution in [2.24, 2.45) is 5.73 Å². The molecule has 4 heteroatoms. The van der Waals surface area contributed by atoms with Gasteiger partial charge in [-0.05, 0) is 45.1 Å². The van der Waals surface area contributed by atoms with E-state index in [-0.39, 0.29) is 0 Å². The highest BCUT2D eigenvalue weighted by molar-refractivity contribution is 5.97. The van der Waals surface area contributed by atoms with Crippen LogP contribution in [0.4, 0.5) is 0 Å². The number of aryl methyl sites for hydroxylation is 1. The van der Waals surface area contributed by atoms with Gasteiger partial charge in [0.05, 0.1) is 0 Å². The minimum absolute atomic E-state index is 0.392. The molecule has 100 valence electrons. The Kier molecular flexibility index (Phi) is 2.82. The van der Waals surface area contributed by atoms with Gasteiger partial charge in [-0.25, -0.2) is 0 Å². The molecule has 1 atom stereocenters. The summed E-state index contributed by atoms with van der Waals surface area (Å²) in [7, 11) is 4.21. The summed E-state index contributed by atoms with van der Waals surface area (Å²) >= 11 is 0. The smallest absolute Gasteiger partial charge is 0.248 e. The highest BCUT2D eigenvalue weighted by Gasteiger charge is 2.25. The van der Waals surface area contributed by atoms with E-state index in [0.29, 0.717) is 11.6 Å². The van der Waals surface area contributed by atoms with Crippen LogP contribution in [0.1, 0.15) is 28.1 Å². The maximum Gasteiger partial charge on any atom is 0.248 e. The number of hydrogen-bond acceptors (Lipinski definition) is 3. The molecule has 19 heavy (non-hydrogen) atoms. The van der Waals surface area contributed by atoms with Crippen LogP contribution in [0.15, 0.2) is 22.6 Å². The molecule has 1 aromatic heterocycles. The number of furan rings is 1. The first-order valence-corrected chi connectivity index (χ1v) is 6.57. The summed E-state index contributed by atoms with van der Waals surface area (Å²) in [4.78, 5) is 13.5. The summed E-state index contributed by atoms with van der Waals surface area (Å²) in [5.41, 5.74) is 7.99. The molecule has 2 N–H and O–H groups in total. The van der Waals surface area contributed by atoms with Crippen LogP contribution in [-0.2, 0) is 12.8 Å². The average Bonchev–Trinajstić information content (AvgIpc) is 2.75. The fourth-order valence-corrected chi connectivity index (χ4v) is 2.85. The maximum absolute atomic E-state index is 11.3. The molecule has 4 nitrogen and oxygen atoms in total. The molecular formula is C15H18N2O2. The molecule has 0 saturated heterocycles. The normalized spacial score (nSPS) is 18.8. The second-order valence-electron chi connectivity index (χ2n) is 5.44. The van der Waals surface area contributed by atoms with Crippen molar-refractivity contribution >= 4 is 16.9 Å². The third-order valence-corrected chi connectivity index (χ3v) is 4.03. The van der Waals surface area contributed by atoms with E-state index in [9.17, 15) is 4.79 Å². The van der Waals surface area contributed by atoms with E-state index in [4.69, 9.17) is 10.2 Å². The number of rotatable bonds is 2. The number of amides is 1. The maximum atomic E-state index is 11.3. The number of fused-ring (bicyclic) bond motifs is 3. The predicted molar refractivity (Wildman–Crippen MR) is 74.2 cm³/mol. The van der Waals surface area contributed by atoms with Crippen molar-refractivity contribution in [1.82, 2.24) is 4.90 Å². The Bertz CT molecular complexity index is 643. The minimum Gasteiger partial charge on any atom is -0.461 e. The Labute approximate surface area is 112 Å². The van der Waals surface area contributed by atoms with Crippen molar-refractivity contribution in [2.75, 3.05) is 14.1 Å². The van der Waals surface area contributed by atoms with E-state index < -0.39 is 5.91 Å². The summed E-state index contributed by atoms with van der Waals surface area (Å²) in [5, 5.41) is 1.04. The third-order valence-electron chi connectivity index (χ3n) is 4.03. The molecule has 0 aliphatic heterocycles. The van der Waals surface area contributed by atoms with Crippen LogP contribution in [0.2, 0.25) is 0 Å². The Balaban J connectivity index is 2.10. The van der Waals surface area contributed by atoms with Crippen molar-refractivity contribution in [1.29, 1.82) is 0 Å². The fraction of sp³-hybridized carbons (Fsp3) is 0.400. The number of carbonyl (C=O) groups excluding carboxylic acids is 1.